The van der Waals surface area contributed by atoms with Crippen LogP contribution in [0, 0.1) is 0 Å². The number of nitrogens with two attached hydrogens (primary N) is 1. The van der Waals surface area contributed by atoms with E-state index in [4.69, 9.17) is 10.8 Å². The lowest BCUT2D eigenvalue weighted by Crippen LogP contribution is -2.49. The first-order valence-electron chi connectivity index (χ1n) is 6.86. The Balaban J connectivity index is 2.60. The summed E-state index contributed by atoms with van der Waals surface area (Å²) < 4.78 is 0. The summed E-state index contributed by atoms with van der Waals surface area (Å²) in [6.07, 6.45) is -6.12. The van der Waals surface area contributed by atoms with E-state index in [1.807, 2.05) is 0 Å². The van der Waals surface area contributed by atoms with Crippen LogP contribution in [-0.2, 0) is 6.54 Å². The van der Waals surface area contributed by atoms with Gasteiger partial charge in [-0.05, 0) is 18.7 Å². The Kier molecular flexibility index (Phi) is 7.01. The van der Waals surface area contributed by atoms with E-state index in [0.29, 0.717) is 12.1 Å². The largest absolute Gasteiger partial charge is 0.506 e. The van der Waals surface area contributed by atoms with Crippen LogP contribution in [0.25, 0.3) is 0 Å². The van der Waals surface area contributed by atoms with Crippen LogP contribution in [0.4, 0.5) is 5.69 Å². The Morgan fingerprint density at radius 3 is 2.27 bits per heavy atom. The Morgan fingerprint density at radius 2 is 1.68 bits per heavy atom. The molecule has 0 aliphatic heterocycles. The van der Waals surface area contributed by atoms with E-state index in [2.05, 4.69) is 0 Å². The number of phenolic OH excluding ortho intramolecular Hbond substituents is 1. The van der Waals surface area contributed by atoms with Crippen LogP contribution < -0.4 is 5.73 Å². The number of hydrogen-bond donors (Lipinski definition) is 7. The highest BCUT2D eigenvalue weighted by atomic mass is 16.4. The molecule has 1 aromatic carbocycles. The van der Waals surface area contributed by atoms with Gasteiger partial charge in [0.05, 0.1) is 18.4 Å². The molecule has 0 saturated carbocycles. The standard InChI is InChI=1S/C14H24N2O6/c1-16(5-8-3-2-4-9(18)12(8)15)6-10(19)13(21)14(22)11(20)7-17/h2-4,10-11,13-14,17-22H,5-7,15H2,1H3/t10-,11+,13+,14+/m0/s1. The normalized spacial score (nSPS) is 17.2. The van der Waals surface area contributed by atoms with Crippen molar-refractivity contribution in [3.63, 3.8) is 0 Å². The van der Waals surface area contributed by atoms with E-state index >= 15 is 0 Å². The van der Waals surface area contributed by atoms with Gasteiger partial charge in [0.1, 0.15) is 24.1 Å². The monoisotopic (exact) mass is 316 g/mol. The fourth-order valence-corrected chi connectivity index (χ4v) is 2.08. The van der Waals surface area contributed by atoms with Gasteiger partial charge in [0.25, 0.3) is 0 Å². The zero-order valence-corrected chi connectivity index (χ0v) is 12.4. The van der Waals surface area contributed by atoms with E-state index in [1.165, 1.54) is 6.07 Å². The summed E-state index contributed by atoms with van der Waals surface area (Å²) in [6, 6.07) is 4.82. The number of likely N-dealkylation sites (N-methyl/N-ethyl adjacent to an activating group) is 1. The third-order valence-corrected chi connectivity index (χ3v) is 3.44. The van der Waals surface area contributed by atoms with Crippen molar-refractivity contribution in [2.24, 2.45) is 0 Å². The van der Waals surface area contributed by atoms with Gasteiger partial charge in [0.2, 0.25) is 0 Å². The molecule has 8 nitrogen and oxygen atoms in total. The first-order chi connectivity index (χ1) is 10.3. The molecule has 0 unspecified atom stereocenters. The van der Waals surface area contributed by atoms with Crippen molar-refractivity contribution in [2.45, 2.75) is 31.0 Å². The molecule has 0 amide bonds. The predicted molar refractivity (Wildman–Crippen MR) is 80.0 cm³/mol. The maximum absolute atomic E-state index is 9.88. The average molecular weight is 316 g/mol. The van der Waals surface area contributed by atoms with Crippen molar-refractivity contribution < 1.29 is 30.6 Å². The lowest BCUT2D eigenvalue weighted by Gasteiger charge is -2.28. The minimum atomic E-state index is -1.65. The van der Waals surface area contributed by atoms with Crippen LogP contribution in [-0.4, -0.2) is 80.2 Å². The highest BCUT2D eigenvalue weighted by Gasteiger charge is 2.30. The van der Waals surface area contributed by atoms with Gasteiger partial charge >= 0.3 is 0 Å². The third-order valence-electron chi connectivity index (χ3n) is 3.44. The second-order valence-corrected chi connectivity index (χ2v) is 5.35. The van der Waals surface area contributed by atoms with Gasteiger partial charge in [-0.25, -0.2) is 0 Å². The van der Waals surface area contributed by atoms with E-state index in [0.717, 1.165) is 0 Å². The summed E-state index contributed by atoms with van der Waals surface area (Å²) >= 11 is 0. The van der Waals surface area contributed by atoms with Crippen LogP contribution in [0.2, 0.25) is 0 Å². The minimum absolute atomic E-state index is 0.00846. The predicted octanol–water partition coefficient (Wildman–Crippen LogP) is -2.16. The zero-order valence-electron chi connectivity index (χ0n) is 12.4. The number of benzene rings is 1. The molecule has 0 aromatic heterocycles. The van der Waals surface area contributed by atoms with E-state index in [9.17, 15) is 25.5 Å². The topological polar surface area (TPSA) is 151 Å². The Morgan fingerprint density at radius 1 is 1.09 bits per heavy atom. The van der Waals surface area contributed by atoms with Crippen molar-refractivity contribution in [2.75, 3.05) is 25.9 Å². The number of aliphatic hydroxyl groups is 5. The molecule has 4 atom stereocenters. The maximum Gasteiger partial charge on any atom is 0.138 e. The van der Waals surface area contributed by atoms with Crippen molar-refractivity contribution in [1.29, 1.82) is 0 Å². The van der Waals surface area contributed by atoms with Gasteiger partial charge in [-0.15, -0.1) is 0 Å². The van der Waals surface area contributed by atoms with E-state index in [-0.39, 0.29) is 18.0 Å². The number of anilines is 1. The van der Waals surface area contributed by atoms with Crippen LogP contribution in [0.1, 0.15) is 5.56 Å². The zero-order chi connectivity index (χ0) is 16.9. The van der Waals surface area contributed by atoms with Gasteiger partial charge in [0.15, 0.2) is 0 Å². The first kappa shape index (κ1) is 18.6. The summed E-state index contributed by atoms with van der Waals surface area (Å²) in [5.41, 5.74) is 6.63. The molecule has 126 valence electrons. The molecule has 8 heteroatoms. The van der Waals surface area contributed by atoms with Gasteiger partial charge in [0, 0.05) is 13.1 Å². The average Bonchev–Trinajstić information content (AvgIpc) is 2.49. The lowest BCUT2D eigenvalue weighted by atomic mass is 10.0. The van der Waals surface area contributed by atoms with Crippen LogP contribution in [0.3, 0.4) is 0 Å². The van der Waals surface area contributed by atoms with Crippen molar-refractivity contribution in [3.8, 4) is 5.75 Å². The molecule has 0 bridgehead atoms. The molecular formula is C14H24N2O6. The Hall–Kier alpha value is -1.42. The molecule has 0 aliphatic rings. The summed E-state index contributed by atoms with van der Waals surface area (Å²) in [5.74, 6) is -0.0343. The molecule has 0 spiro atoms. The second-order valence-electron chi connectivity index (χ2n) is 5.35. The van der Waals surface area contributed by atoms with Gasteiger partial charge < -0.3 is 36.4 Å². The van der Waals surface area contributed by atoms with Gasteiger partial charge in [-0.2, -0.15) is 0 Å². The van der Waals surface area contributed by atoms with Gasteiger partial charge in [-0.1, -0.05) is 12.1 Å². The molecule has 0 saturated heterocycles. The summed E-state index contributed by atoms with van der Waals surface area (Å²) in [6.45, 7) is -0.422. The highest BCUT2D eigenvalue weighted by Crippen LogP contribution is 2.24. The van der Waals surface area contributed by atoms with Crippen LogP contribution in [0.15, 0.2) is 18.2 Å². The fraction of sp³-hybridized carbons (Fsp3) is 0.571. The molecule has 22 heavy (non-hydrogen) atoms. The number of nitrogens with zero attached hydrogens (tertiary/aromatic N) is 1. The molecule has 0 aliphatic carbocycles. The number of phenols is 1. The molecule has 8 N–H and O–H groups in total. The van der Waals surface area contributed by atoms with Crippen LogP contribution >= 0.6 is 0 Å². The lowest BCUT2D eigenvalue weighted by molar-refractivity contribution is -0.118. The van der Waals surface area contributed by atoms with Crippen LogP contribution in [0.5, 0.6) is 5.75 Å². The molecule has 1 aromatic rings. The highest BCUT2D eigenvalue weighted by molar-refractivity contribution is 5.57. The molecule has 0 heterocycles. The fourth-order valence-electron chi connectivity index (χ4n) is 2.08. The number of para-hydroxylation sites is 1. The third kappa shape index (κ3) is 4.80. The Bertz CT molecular complexity index is 473. The number of aromatic hydroxyl groups is 1. The van der Waals surface area contributed by atoms with Crippen molar-refractivity contribution in [3.05, 3.63) is 23.8 Å². The summed E-state index contributed by atoms with van der Waals surface area (Å²) in [5, 5.41) is 56.7. The SMILES string of the molecule is CN(Cc1cccc(O)c1N)C[C@H](O)[C@@H](O)[C@H](O)[C@H](O)CO. The van der Waals surface area contributed by atoms with E-state index in [1.54, 1.807) is 24.1 Å². The minimum Gasteiger partial charge on any atom is -0.506 e. The quantitative estimate of drug-likeness (QED) is 0.212. The number of nitrogen functional groups attached to an aromatic ring is 1. The van der Waals surface area contributed by atoms with Gasteiger partial charge in [-0.3, -0.25) is 4.90 Å². The van der Waals surface area contributed by atoms with Crippen molar-refractivity contribution in [1.82, 2.24) is 4.90 Å². The molecular weight excluding hydrogens is 292 g/mol. The summed E-state index contributed by atoms with van der Waals surface area (Å²) in [7, 11) is 1.66. The van der Waals surface area contributed by atoms with Crippen molar-refractivity contribution >= 4 is 5.69 Å². The smallest absolute Gasteiger partial charge is 0.138 e. The summed E-state index contributed by atoms with van der Waals surface area (Å²) in [4.78, 5) is 1.64. The number of hydrogen-bond acceptors (Lipinski definition) is 8. The number of aliphatic hydroxyl groups excluding tert-OH is 5. The second kappa shape index (κ2) is 8.28. The molecule has 0 fully saturated rings. The molecule has 1 rings (SSSR count). The Labute approximate surface area is 128 Å². The first-order valence-corrected chi connectivity index (χ1v) is 6.86. The molecule has 0 radical (unpaired) electrons. The van der Waals surface area contributed by atoms with E-state index < -0.39 is 31.0 Å². The number of rotatable bonds is 8. The maximum atomic E-state index is 9.88.